The van der Waals surface area contributed by atoms with Gasteiger partial charge in [-0.15, -0.1) is 0 Å². The van der Waals surface area contributed by atoms with Crippen LogP contribution in [0.4, 0.5) is 0 Å². The van der Waals surface area contributed by atoms with Crippen molar-refractivity contribution in [3.05, 3.63) is 0 Å². The number of nitrogens with zero attached hydrogens (tertiary/aromatic N) is 2. The van der Waals surface area contributed by atoms with E-state index in [1.165, 1.54) is 12.5 Å². The lowest BCUT2D eigenvalue weighted by Crippen LogP contribution is -2.22. The maximum Gasteiger partial charge on any atom is 0.286 e. The smallest absolute Gasteiger partial charge is 0.286 e. The van der Waals surface area contributed by atoms with Crippen molar-refractivity contribution in [2.45, 2.75) is 26.1 Å². The van der Waals surface area contributed by atoms with Crippen molar-refractivity contribution in [2.24, 2.45) is 0 Å². The molecule has 0 aromatic carbocycles. The van der Waals surface area contributed by atoms with E-state index in [-0.39, 0.29) is 12.2 Å². The van der Waals surface area contributed by atoms with Gasteiger partial charge in [0.1, 0.15) is 12.2 Å². The van der Waals surface area contributed by atoms with Gasteiger partial charge in [0, 0.05) is 0 Å². The lowest BCUT2D eigenvalue weighted by molar-refractivity contribution is 0.0368. The zero-order valence-electron chi connectivity index (χ0n) is 5.87. The molecule has 0 aliphatic carbocycles. The Balaban J connectivity index is 3.63. The van der Waals surface area contributed by atoms with Crippen LogP contribution in [0.25, 0.3) is 0 Å². The van der Waals surface area contributed by atoms with Crippen LogP contribution in [0, 0.1) is 23.0 Å². The molecule has 0 saturated heterocycles. The van der Waals surface area contributed by atoms with Gasteiger partial charge in [-0.2, -0.15) is 10.5 Å². The molecule has 0 heterocycles. The quantitative estimate of drug-likeness (QED) is 0.543. The van der Waals surface area contributed by atoms with Crippen LogP contribution in [0.3, 0.4) is 0 Å². The van der Waals surface area contributed by atoms with Crippen molar-refractivity contribution in [3.63, 3.8) is 0 Å². The highest BCUT2D eigenvalue weighted by molar-refractivity contribution is 4.68. The Morgan fingerprint density at radius 3 is 1.50 bits per heavy atom. The minimum Gasteiger partial charge on any atom is -0.421 e. The standard InChI is InChI=1S/C6H8N2O2/c1-5(9-3-7)6(2)10-4-8/h5-6H,1-2H3. The molecule has 0 aliphatic heterocycles. The van der Waals surface area contributed by atoms with E-state index in [4.69, 9.17) is 10.5 Å². The first-order valence-corrected chi connectivity index (χ1v) is 2.81. The van der Waals surface area contributed by atoms with Gasteiger partial charge in [0.15, 0.2) is 0 Å². The van der Waals surface area contributed by atoms with Crippen molar-refractivity contribution in [3.8, 4) is 12.5 Å². The van der Waals surface area contributed by atoms with Crippen LogP contribution in [-0.2, 0) is 9.47 Å². The van der Waals surface area contributed by atoms with Crippen LogP contribution in [0.5, 0.6) is 0 Å². The van der Waals surface area contributed by atoms with Gasteiger partial charge >= 0.3 is 0 Å². The molecule has 2 atom stereocenters. The molecule has 0 spiro atoms. The maximum absolute atomic E-state index is 8.04. The van der Waals surface area contributed by atoms with Gasteiger partial charge in [0.25, 0.3) is 12.5 Å². The average Bonchev–Trinajstić information content (AvgIpc) is 1.89. The predicted octanol–water partition coefficient (Wildman–Crippen LogP) is 0.759. The van der Waals surface area contributed by atoms with Gasteiger partial charge in [-0.1, -0.05) is 0 Å². The van der Waals surface area contributed by atoms with Crippen LogP contribution in [0.2, 0.25) is 0 Å². The number of hydrogen-bond donors (Lipinski definition) is 0. The molecule has 0 aliphatic rings. The molecular formula is C6H8N2O2. The average molecular weight is 140 g/mol. The molecule has 0 bridgehead atoms. The van der Waals surface area contributed by atoms with Gasteiger partial charge in [-0.05, 0) is 13.8 Å². The van der Waals surface area contributed by atoms with Crippen LogP contribution in [-0.4, -0.2) is 12.2 Å². The van der Waals surface area contributed by atoms with E-state index < -0.39 is 0 Å². The molecule has 0 amide bonds. The summed E-state index contributed by atoms with van der Waals surface area (Å²) in [7, 11) is 0. The third-order valence-electron chi connectivity index (χ3n) is 1.14. The van der Waals surface area contributed by atoms with Gasteiger partial charge in [0.2, 0.25) is 0 Å². The van der Waals surface area contributed by atoms with Crippen LogP contribution < -0.4 is 0 Å². The van der Waals surface area contributed by atoms with Gasteiger partial charge in [0.05, 0.1) is 0 Å². The highest BCUT2D eigenvalue weighted by Gasteiger charge is 2.13. The first-order chi connectivity index (χ1) is 4.72. The van der Waals surface area contributed by atoms with Crippen molar-refractivity contribution < 1.29 is 9.47 Å². The molecule has 4 nitrogen and oxygen atoms in total. The van der Waals surface area contributed by atoms with Gasteiger partial charge < -0.3 is 9.47 Å². The second-order valence-electron chi connectivity index (χ2n) is 1.83. The van der Waals surface area contributed by atoms with E-state index in [1.807, 2.05) is 0 Å². The topological polar surface area (TPSA) is 66.0 Å². The lowest BCUT2D eigenvalue weighted by Gasteiger charge is -2.12. The molecule has 0 aromatic heterocycles. The molecular weight excluding hydrogens is 132 g/mol. The summed E-state index contributed by atoms with van der Waals surface area (Å²) >= 11 is 0. The van der Waals surface area contributed by atoms with E-state index in [0.717, 1.165) is 0 Å². The molecule has 2 unspecified atom stereocenters. The Kier molecular flexibility index (Phi) is 3.83. The van der Waals surface area contributed by atoms with Gasteiger partial charge in [-0.25, -0.2) is 0 Å². The summed E-state index contributed by atoms with van der Waals surface area (Å²) in [5.74, 6) is 0. The number of rotatable bonds is 3. The van der Waals surface area contributed by atoms with E-state index in [2.05, 4.69) is 9.47 Å². The minimum absolute atomic E-state index is 0.371. The summed E-state index contributed by atoms with van der Waals surface area (Å²) in [5, 5.41) is 16.1. The van der Waals surface area contributed by atoms with E-state index in [0.29, 0.717) is 0 Å². The fourth-order valence-corrected chi connectivity index (χ4v) is 0.358. The van der Waals surface area contributed by atoms with Gasteiger partial charge in [-0.3, -0.25) is 0 Å². The van der Waals surface area contributed by atoms with Crippen LogP contribution >= 0.6 is 0 Å². The number of nitriles is 2. The van der Waals surface area contributed by atoms with Crippen molar-refractivity contribution in [1.29, 1.82) is 10.5 Å². The summed E-state index contributed by atoms with van der Waals surface area (Å²) in [4.78, 5) is 0. The highest BCUT2D eigenvalue weighted by atomic mass is 16.5. The lowest BCUT2D eigenvalue weighted by atomic mass is 10.3. The molecule has 0 radical (unpaired) electrons. The van der Waals surface area contributed by atoms with Crippen molar-refractivity contribution >= 4 is 0 Å². The number of hydrogen-bond acceptors (Lipinski definition) is 4. The minimum atomic E-state index is -0.371. The molecule has 4 heteroatoms. The molecule has 0 saturated carbocycles. The summed E-state index contributed by atoms with van der Waals surface area (Å²) in [6.45, 7) is 3.32. The Hall–Kier alpha value is -1.42. The predicted molar refractivity (Wildman–Crippen MR) is 32.3 cm³/mol. The van der Waals surface area contributed by atoms with E-state index >= 15 is 0 Å². The number of ether oxygens (including phenoxy) is 2. The monoisotopic (exact) mass is 140 g/mol. The van der Waals surface area contributed by atoms with Crippen molar-refractivity contribution in [2.75, 3.05) is 0 Å². The molecule has 0 N–H and O–H groups in total. The molecule has 0 aromatic rings. The zero-order chi connectivity index (χ0) is 7.98. The third-order valence-corrected chi connectivity index (χ3v) is 1.14. The van der Waals surface area contributed by atoms with E-state index in [1.54, 1.807) is 13.8 Å². The Labute approximate surface area is 59.6 Å². The summed E-state index contributed by atoms with van der Waals surface area (Å²) < 4.78 is 8.97. The third kappa shape index (κ3) is 2.78. The second-order valence-corrected chi connectivity index (χ2v) is 1.83. The maximum atomic E-state index is 8.04. The normalized spacial score (nSPS) is 14.0. The largest absolute Gasteiger partial charge is 0.421 e. The molecule has 54 valence electrons. The fraction of sp³-hybridized carbons (Fsp3) is 0.667. The molecule has 0 rings (SSSR count). The summed E-state index contributed by atoms with van der Waals surface area (Å²) in [6, 6.07) is 0. The summed E-state index contributed by atoms with van der Waals surface area (Å²) in [6.07, 6.45) is 2.29. The first kappa shape index (κ1) is 8.58. The Bertz CT molecular complexity index is 148. The Morgan fingerprint density at radius 1 is 1.00 bits per heavy atom. The van der Waals surface area contributed by atoms with Crippen molar-refractivity contribution in [1.82, 2.24) is 0 Å². The zero-order valence-corrected chi connectivity index (χ0v) is 5.87. The first-order valence-electron chi connectivity index (χ1n) is 2.81. The van der Waals surface area contributed by atoms with E-state index in [9.17, 15) is 0 Å². The highest BCUT2D eigenvalue weighted by Crippen LogP contribution is 2.00. The summed E-state index contributed by atoms with van der Waals surface area (Å²) in [5.41, 5.74) is 0. The van der Waals surface area contributed by atoms with Crippen LogP contribution in [0.15, 0.2) is 0 Å². The SMILES string of the molecule is CC(OC#N)C(C)OC#N. The Morgan fingerprint density at radius 2 is 1.30 bits per heavy atom. The molecule has 0 fully saturated rings. The second kappa shape index (κ2) is 4.46. The van der Waals surface area contributed by atoms with Crippen LogP contribution in [0.1, 0.15) is 13.8 Å². The molecule has 10 heavy (non-hydrogen) atoms. The fourth-order valence-electron chi connectivity index (χ4n) is 0.358.